The van der Waals surface area contributed by atoms with Gasteiger partial charge >= 0.3 is 0 Å². The maximum Gasteiger partial charge on any atom is 0.187 e. The van der Waals surface area contributed by atoms with E-state index < -0.39 is 8.07 Å². The summed E-state index contributed by atoms with van der Waals surface area (Å²) in [4.78, 5) is 3.67. The van der Waals surface area contributed by atoms with Crippen LogP contribution in [0.5, 0.6) is 0 Å². The van der Waals surface area contributed by atoms with Crippen LogP contribution in [0.2, 0.25) is 0 Å². The Bertz CT molecular complexity index is 1980. The normalized spacial score (nSPS) is 11.5. The van der Waals surface area contributed by atoms with Gasteiger partial charge in [-0.2, -0.15) is 0 Å². The van der Waals surface area contributed by atoms with Gasteiger partial charge in [-0.05, 0) is 50.1 Å². The molecule has 3 heteroatoms. The molecule has 0 amide bonds. The molecule has 0 spiro atoms. The van der Waals surface area contributed by atoms with Crippen molar-refractivity contribution >= 4 is 56.4 Å². The zero-order valence-corrected chi connectivity index (χ0v) is 22.8. The molecule has 1 aromatic heterocycles. The van der Waals surface area contributed by atoms with E-state index in [9.17, 15) is 0 Å². The summed E-state index contributed by atoms with van der Waals surface area (Å²) < 4.78 is 6.23. The molecule has 188 valence electrons. The van der Waals surface area contributed by atoms with E-state index >= 15 is 0 Å². The standard InChI is InChI=1S/C37H25NOSi/c1-38-29-14-10-12-27(24-29)28-13-11-19-32(25-28)40(30-15-4-2-5-16-30,31-17-6-3-7-18-31)33-22-23-37-35(26-33)34-20-8-9-21-36(34)39-37/h2-26H. The molecule has 0 radical (unpaired) electrons. The molecule has 0 bridgehead atoms. The third-order valence-electron chi connectivity index (χ3n) is 7.83. The average Bonchev–Trinajstić information content (AvgIpc) is 3.41. The second-order valence-electron chi connectivity index (χ2n) is 10.0. The van der Waals surface area contributed by atoms with Crippen molar-refractivity contribution in [1.29, 1.82) is 0 Å². The van der Waals surface area contributed by atoms with Crippen molar-refractivity contribution < 1.29 is 4.42 Å². The summed E-state index contributed by atoms with van der Waals surface area (Å²) in [7, 11) is -2.77. The topological polar surface area (TPSA) is 17.5 Å². The summed E-state index contributed by atoms with van der Waals surface area (Å²) >= 11 is 0. The smallest absolute Gasteiger partial charge is 0.187 e. The largest absolute Gasteiger partial charge is 0.456 e. The molecular weight excluding hydrogens is 502 g/mol. The Morgan fingerprint density at radius 2 is 1.02 bits per heavy atom. The van der Waals surface area contributed by atoms with Crippen LogP contribution in [-0.2, 0) is 0 Å². The molecule has 0 atom stereocenters. The number of hydrogen-bond donors (Lipinski definition) is 0. The Morgan fingerprint density at radius 3 is 1.75 bits per heavy atom. The van der Waals surface area contributed by atoms with Gasteiger partial charge in [0.2, 0.25) is 0 Å². The van der Waals surface area contributed by atoms with Crippen LogP contribution < -0.4 is 20.7 Å². The van der Waals surface area contributed by atoms with E-state index in [4.69, 9.17) is 11.0 Å². The van der Waals surface area contributed by atoms with E-state index in [1.807, 2.05) is 30.3 Å². The first-order valence-corrected chi connectivity index (χ1v) is 15.4. The zero-order chi connectivity index (χ0) is 26.9. The maximum atomic E-state index is 7.52. The Labute approximate surface area is 234 Å². The van der Waals surface area contributed by atoms with Gasteiger partial charge in [-0.15, -0.1) is 0 Å². The summed E-state index contributed by atoms with van der Waals surface area (Å²) in [5.41, 5.74) is 4.62. The lowest BCUT2D eigenvalue weighted by molar-refractivity contribution is 0.669. The highest BCUT2D eigenvalue weighted by atomic mass is 28.3. The Morgan fingerprint density at radius 1 is 0.450 bits per heavy atom. The summed E-state index contributed by atoms with van der Waals surface area (Å²) in [5, 5.41) is 7.51. The highest BCUT2D eigenvalue weighted by Gasteiger charge is 2.41. The van der Waals surface area contributed by atoms with Crippen molar-refractivity contribution in [3.63, 3.8) is 0 Å². The predicted molar refractivity (Wildman–Crippen MR) is 169 cm³/mol. The molecule has 0 saturated carbocycles. The van der Waals surface area contributed by atoms with Gasteiger partial charge < -0.3 is 4.42 Å². The summed E-state index contributed by atoms with van der Waals surface area (Å²) in [6.07, 6.45) is 0. The fourth-order valence-corrected chi connectivity index (χ4v) is 10.8. The SMILES string of the molecule is [C-]#[N+]c1cccc(-c2cccc([Si](c3ccccc3)(c3ccccc3)c3ccc4oc5ccccc5c4c3)c2)c1. The van der Waals surface area contributed by atoms with Gasteiger partial charge in [-0.25, -0.2) is 4.85 Å². The highest BCUT2D eigenvalue weighted by Crippen LogP contribution is 2.29. The first kappa shape index (κ1) is 23.9. The molecule has 7 rings (SSSR count). The van der Waals surface area contributed by atoms with Crippen molar-refractivity contribution in [2.75, 3.05) is 0 Å². The second kappa shape index (κ2) is 9.85. The fourth-order valence-electron chi connectivity index (χ4n) is 6.02. The lowest BCUT2D eigenvalue weighted by Crippen LogP contribution is -2.74. The molecule has 0 unspecified atom stereocenters. The van der Waals surface area contributed by atoms with E-state index in [0.717, 1.165) is 33.1 Å². The van der Waals surface area contributed by atoms with E-state index in [-0.39, 0.29) is 0 Å². The van der Waals surface area contributed by atoms with Crippen molar-refractivity contribution in [2.45, 2.75) is 0 Å². The minimum Gasteiger partial charge on any atom is -0.456 e. The number of fused-ring (bicyclic) bond motifs is 3. The Balaban J connectivity index is 1.57. The molecule has 0 aliphatic carbocycles. The molecule has 0 fully saturated rings. The summed E-state index contributed by atoms with van der Waals surface area (Å²) in [5.74, 6) is 0. The van der Waals surface area contributed by atoms with Crippen LogP contribution in [0.25, 0.3) is 37.9 Å². The molecular formula is C37H25NOSi. The maximum absolute atomic E-state index is 7.52. The van der Waals surface area contributed by atoms with Gasteiger partial charge in [0.05, 0.1) is 6.57 Å². The van der Waals surface area contributed by atoms with Gasteiger partial charge in [0.25, 0.3) is 0 Å². The first-order chi connectivity index (χ1) is 19.8. The Kier molecular flexibility index (Phi) is 5.89. The molecule has 0 N–H and O–H groups in total. The van der Waals surface area contributed by atoms with E-state index in [1.54, 1.807) is 0 Å². The van der Waals surface area contributed by atoms with E-state index in [0.29, 0.717) is 5.69 Å². The van der Waals surface area contributed by atoms with Gasteiger partial charge in [0, 0.05) is 10.8 Å². The van der Waals surface area contributed by atoms with E-state index in [2.05, 4.69) is 126 Å². The molecule has 6 aromatic carbocycles. The number of para-hydroxylation sites is 1. The highest BCUT2D eigenvalue weighted by molar-refractivity contribution is 7.20. The second-order valence-corrected chi connectivity index (χ2v) is 13.8. The van der Waals surface area contributed by atoms with E-state index in [1.165, 1.54) is 20.7 Å². The molecule has 1 heterocycles. The Hall–Kier alpha value is -5.17. The van der Waals surface area contributed by atoms with Crippen LogP contribution >= 0.6 is 0 Å². The number of benzene rings is 6. The van der Waals surface area contributed by atoms with Gasteiger partial charge in [-0.1, -0.05) is 133 Å². The molecule has 2 nitrogen and oxygen atoms in total. The third-order valence-corrected chi connectivity index (χ3v) is 12.6. The van der Waals surface area contributed by atoms with Crippen LogP contribution in [0.3, 0.4) is 0 Å². The predicted octanol–water partition coefficient (Wildman–Crippen LogP) is 7.18. The van der Waals surface area contributed by atoms with Gasteiger partial charge in [0.1, 0.15) is 11.2 Å². The molecule has 0 aliphatic rings. The fraction of sp³-hybridized carbons (Fsp3) is 0. The quantitative estimate of drug-likeness (QED) is 0.132. The summed E-state index contributed by atoms with van der Waals surface area (Å²) in [6.45, 7) is 7.52. The molecule has 7 aromatic rings. The van der Waals surface area contributed by atoms with Crippen molar-refractivity contribution in [2.24, 2.45) is 0 Å². The molecule has 40 heavy (non-hydrogen) atoms. The third kappa shape index (κ3) is 3.86. The number of nitrogens with zero attached hydrogens (tertiary/aromatic N) is 1. The zero-order valence-electron chi connectivity index (χ0n) is 21.8. The molecule has 0 aliphatic heterocycles. The van der Waals surface area contributed by atoms with Crippen molar-refractivity contribution in [3.05, 3.63) is 163 Å². The monoisotopic (exact) mass is 527 g/mol. The van der Waals surface area contributed by atoms with Crippen LogP contribution in [0.15, 0.2) is 156 Å². The van der Waals surface area contributed by atoms with Crippen molar-refractivity contribution in [3.8, 4) is 11.1 Å². The average molecular weight is 528 g/mol. The van der Waals surface area contributed by atoms with Crippen LogP contribution in [0.1, 0.15) is 0 Å². The van der Waals surface area contributed by atoms with Crippen molar-refractivity contribution in [1.82, 2.24) is 0 Å². The summed E-state index contributed by atoms with van der Waals surface area (Å²) in [6, 6.07) is 53.8. The minimum absolute atomic E-state index is 0.648. The van der Waals surface area contributed by atoms with Crippen LogP contribution in [-0.4, -0.2) is 8.07 Å². The van der Waals surface area contributed by atoms with Crippen LogP contribution in [0, 0.1) is 6.57 Å². The van der Waals surface area contributed by atoms with Crippen LogP contribution in [0.4, 0.5) is 5.69 Å². The lowest BCUT2D eigenvalue weighted by Gasteiger charge is -2.34. The number of hydrogen-bond acceptors (Lipinski definition) is 1. The van der Waals surface area contributed by atoms with Gasteiger partial charge in [0.15, 0.2) is 13.8 Å². The first-order valence-electron chi connectivity index (χ1n) is 13.4. The molecule has 0 saturated heterocycles. The van der Waals surface area contributed by atoms with Gasteiger partial charge in [-0.3, -0.25) is 0 Å². The number of furan rings is 1. The lowest BCUT2D eigenvalue weighted by atomic mass is 10.1. The minimum atomic E-state index is -2.77. The number of rotatable bonds is 5.